The zero-order valence-corrected chi connectivity index (χ0v) is 17.7. The van der Waals surface area contributed by atoms with Crippen molar-refractivity contribution in [1.82, 2.24) is 0 Å². The van der Waals surface area contributed by atoms with Crippen LogP contribution in [0, 0.1) is 0 Å². The Kier molecular flexibility index (Phi) is 6.14. The predicted octanol–water partition coefficient (Wildman–Crippen LogP) is 5.53. The van der Waals surface area contributed by atoms with Crippen molar-refractivity contribution in [3.05, 3.63) is 76.2 Å². The number of hydrogen-bond acceptors (Lipinski definition) is 4. The van der Waals surface area contributed by atoms with Crippen LogP contribution in [-0.4, -0.2) is 18.4 Å². The van der Waals surface area contributed by atoms with Crippen LogP contribution in [0.15, 0.2) is 54.6 Å². The second kappa shape index (κ2) is 9.13. The highest BCUT2D eigenvalue weighted by molar-refractivity contribution is 7.17. The molecule has 0 radical (unpaired) electrons. The summed E-state index contributed by atoms with van der Waals surface area (Å²) in [6, 6.07) is 16.4. The van der Waals surface area contributed by atoms with E-state index >= 15 is 0 Å². The monoisotopic (exact) mass is 420 g/mol. The molecule has 1 heterocycles. The van der Waals surface area contributed by atoms with Crippen LogP contribution in [0.5, 0.6) is 5.75 Å². The molecular weight excluding hydrogens is 396 g/mol. The summed E-state index contributed by atoms with van der Waals surface area (Å²) in [4.78, 5) is 27.1. The molecule has 1 aliphatic carbocycles. The van der Waals surface area contributed by atoms with Gasteiger partial charge in [-0.2, -0.15) is 0 Å². The van der Waals surface area contributed by atoms with Crippen molar-refractivity contribution in [2.45, 2.75) is 32.6 Å². The Balaban J connectivity index is 1.60. The molecule has 0 fully saturated rings. The zero-order valence-electron chi connectivity index (χ0n) is 16.9. The van der Waals surface area contributed by atoms with Crippen LogP contribution in [0.25, 0.3) is 0 Å². The molecule has 1 aromatic heterocycles. The zero-order chi connectivity index (χ0) is 20.9. The quantitative estimate of drug-likeness (QED) is 0.551. The van der Waals surface area contributed by atoms with E-state index in [1.54, 1.807) is 12.1 Å². The molecule has 0 unspecified atom stereocenters. The summed E-state index contributed by atoms with van der Waals surface area (Å²) >= 11 is 1.52. The number of fused-ring (bicyclic) bond motifs is 1. The van der Waals surface area contributed by atoms with Crippen LogP contribution in [0.2, 0.25) is 0 Å². The van der Waals surface area contributed by atoms with Crippen LogP contribution >= 0.6 is 11.3 Å². The number of nitrogens with one attached hydrogen (secondary N) is 2. The molecule has 4 rings (SSSR count). The lowest BCUT2D eigenvalue weighted by atomic mass is 9.95. The number of rotatable bonds is 6. The van der Waals surface area contributed by atoms with Gasteiger partial charge in [0.2, 0.25) is 0 Å². The Morgan fingerprint density at radius 2 is 1.67 bits per heavy atom. The van der Waals surface area contributed by atoms with Crippen molar-refractivity contribution in [3.63, 3.8) is 0 Å². The minimum Gasteiger partial charge on any atom is -0.494 e. The summed E-state index contributed by atoms with van der Waals surface area (Å²) in [6.45, 7) is 2.53. The summed E-state index contributed by atoms with van der Waals surface area (Å²) in [5.74, 6) is 0.366. The fraction of sp³-hybridized carbons (Fsp3) is 0.250. The summed E-state index contributed by atoms with van der Waals surface area (Å²) in [5, 5.41) is 6.58. The van der Waals surface area contributed by atoms with E-state index in [2.05, 4.69) is 10.6 Å². The molecule has 5 nitrogen and oxygen atoms in total. The van der Waals surface area contributed by atoms with Crippen molar-refractivity contribution in [3.8, 4) is 5.75 Å². The molecule has 1 aliphatic rings. The Morgan fingerprint density at radius 3 is 2.40 bits per heavy atom. The summed E-state index contributed by atoms with van der Waals surface area (Å²) in [5.41, 5.74) is 2.92. The predicted molar refractivity (Wildman–Crippen MR) is 121 cm³/mol. The average Bonchev–Trinajstić information content (AvgIpc) is 3.14. The van der Waals surface area contributed by atoms with Crippen LogP contribution < -0.4 is 15.4 Å². The number of amides is 2. The van der Waals surface area contributed by atoms with Gasteiger partial charge in [0.25, 0.3) is 11.8 Å². The fourth-order valence-corrected chi connectivity index (χ4v) is 4.94. The highest BCUT2D eigenvalue weighted by Crippen LogP contribution is 2.38. The number of thiophene rings is 1. The number of ether oxygens (including phenoxy) is 1. The van der Waals surface area contributed by atoms with E-state index in [0.29, 0.717) is 28.4 Å². The molecule has 0 bridgehead atoms. The maximum Gasteiger partial charge on any atom is 0.258 e. The molecule has 30 heavy (non-hydrogen) atoms. The molecule has 154 valence electrons. The Bertz CT molecular complexity index is 1040. The lowest BCUT2D eigenvalue weighted by molar-refractivity contribution is 0.102. The van der Waals surface area contributed by atoms with Crippen molar-refractivity contribution >= 4 is 33.8 Å². The Labute approximate surface area is 180 Å². The van der Waals surface area contributed by atoms with E-state index in [-0.39, 0.29) is 11.8 Å². The van der Waals surface area contributed by atoms with Crippen LogP contribution in [-0.2, 0) is 12.8 Å². The highest BCUT2D eigenvalue weighted by Gasteiger charge is 2.26. The third kappa shape index (κ3) is 4.39. The maximum absolute atomic E-state index is 13.2. The normalized spacial score (nSPS) is 12.7. The number of benzene rings is 2. The van der Waals surface area contributed by atoms with Gasteiger partial charge in [-0.25, -0.2) is 0 Å². The van der Waals surface area contributed by atoms with Crippen molar-refractivity contribution in [2.24, 2.45) is 0 Å². The molecule has 0 atom stereocenters. The van der Waals surface area contributed by atoms with Crippen molar-refractivity contribution in [2.75, 3.05) is 17.2 Å². The van der Waals surface area contributed by atoms with E-state index in [9.17, 15) is 9.59 Å². The molecule has 2 aromatic carbocycles. The van der Waals surface area contributed by atoms with Gasteiger partial charge in [-0.3, -0.25) is 9.59 Å². The first-order valence-corrected chi connectivity index (χ1v) is 11.0. The summed E-state index contributed by atoms with van der Waals surface area (Å²) in [7, 11) is 0. The fourth-order valence-electron chi connectivity index (χ4n) is 3.65. The lowest BCUT2D eigenvalue weighted by Gasteiger charge is -2.13. The Hall–Kier alpha value is -3.12. The molecular formula is C24H24N2O3S. The number of anilines is 2. The second-order valence-electron chi connectivity index (χ2n) is 7.15. The van der Waals surface area contributed by atoms with E-state index < -0.39 is 0 Å². The minimum atomic E-state index is -0.204. The molecule has 0 saturated carbocycles. The number of carbonyl (C=O) groups is 2. The SMILES string of the molecule is CCOc1ccc(NC(=O)c2c(NC(=O)c3ccccc3)sc3c2CCCC3)cc1. The van der Waals surface area contributed by atoms with E-state index in [0.717, 1.165) is 37.0 Å². The van der Waals surface area contributed by atoms with Gasteiger partial charge in [0, 0.05) is 16.1 Å². The molecule has 0 aliphatic heterocycles. The molecule has 3 aromatic rings. The number of carbonyl (C=O) groups excluding carboxylic acids is 2. The van der Waals surface area contributed by atoms with Crippen molar-refractivity contribution < 1.29 is 14.3 Å². The summed E-state index contributed by atoms with van der Waals surface area (Å²) in [6.07, 6.45) is 3.97. The van der Waals surface area contributed by atoms with Crippen LogP contribution in [0.4, 0.5) is 10.7 Å². The van der Waals surface area contributed by atoms with E-state index in [1.807, 2.05) is 49.4 Å². The first-order valence-electron chi connectivity index (χ1n) is 10.2. The van der Waals surface area contributed by atoms with Gasteiger partial charge < -0.3 is 15.4 Å². The third-order valence-corrected chi connectivity index (χ3v) is 6.29. The van der Waals surface area contributed by atoms with Gasteiger partial charge >= 0.3 is 0 Å². The largest absolute Gasteiger partial charge is 0.494 e. The van der Waals surface area contributed by atoms with Gasteiger partial charge in [-0.15, -0.1) is 11.3 Å². The third-order valence-electron chi connectivity index (χ3n) is 5.08. The van der Waals surface area contributed by atoms with Gasteiger partial charge in [0.05, 0.1) is 12.2 Å². The van der Waals surface area contributed by atoms with Gasteiger partial charge in [-0.1, -0.05) is 18.2 Å². The van der Waals surface area contributed by atoms with Gasteiger partial charge in [0.15, 0.2) is 0 Å². The molecule has 2 N–H and O–H groups in total. The Morgan fingerprint density at radius 1 is 0.933 bits per heavy atom. The molecule has 0 saturated heterocycles. The molecule has 2 amide bonds. The highest BCUT2D eigenvalue weighted by atomic mass is 32.1. The smallest absolute Gasteiger partial charge is 0.258 e. The average molecular weight is 421 g/mol. The van der Waals surface area contributed by atoms with Crippen LogP contribution in [0.1, 0.15) is 50.9 Å². The van der Waals surface area contributed by atoms with Crippen LogP contribution in [0.3, 0.4) is 0 Å². The number of aryl methyl sites for hydroxylation is 1. The first kappa shape index (κ1) is 20.2. The van der Waals surface area contributed by atoms with Crippen molar-refractivity contribution in [1.29, 1.82) is 0 Å². The first-order chi connectivity index (χ1) is 14.7. The summed E-state index contributed by atoms with van der Waals surface area (Å²) < 4.78 is 5.46. The molecule has 0 spiro atoms. The minimum absolute atomic E-state index is 0.193. The second-order valence-corrected chi connectivity index (χ2v) is 8.25. The van der Waals surface area contributed by atoms with Gasteiger partial charge in [-0.05, 0) is 74.6 Å². The molecule has 6 heteroatoms. The maximum atomic E-state index is 13.2. The standard InChI is InChI=1S/C24H24N2O3S/c1-2-29-18-14-12-17(13-15-18)25-23(28)21-19-10-6-7-11-20(19)30-24(21)26-22(27)16-8-4-3-5-9-16/h3-5,8-9,12-15H,2,6-7,10-11H2,1H3,(H,25,28)(H,26,27). The lowest BCUT2D eigenvalue weighted by Crippen LogP contribution is -2.18. The van der Waals surface area contributed by atoms with E-state index in [1.165, 1.54) is 16.2 Å². The number of hydrogen-bond donors (Lipinski definition) is 2. The van der Waals surface area contributed by atoms with Gasteiger partial charge in [0.1, 0.15) is 10.8 Å². The van der Waals surface area contributed by atoms with E-state index in [4.69, 9.17) is 4.74 Å². The topological polar surface area (TPSA) is 67.4 Å².